The molecule has 1 rings (SSSR count). The Labute approximate surface area is 67.5 Å². The van der Waals surface area contributed by atoms with Gasteiger partial charge in [0.2, 0.25) is 0 Å². The third kappa shape index (κ3) is 4.50. The van der Waals surface area contributed by atoms with Crippen molar-refractivity contribution in [1.29, 1.82) is 0 Å². The topological polar surface area (TPSA) is 0 Å². The molecule has 0 spiro atoms. The van der Waals surface area contributed by atoms with Gasteiger partial charge in [0.25, 0.3) is 0 Å². The van der Waals surface area contributed by atoms with Gasteiger partial charge in [-0.3, -0.25) is 0 Å². The molecule has 0 saturated heterocycles. The standard InChI is InChI=1S/C8H12.Fe/c1-2-4-6-8-7-5-3-1;/h1-4H,5-8H2;. The summed E-state index contributed by atoms with van der Waals surface area (Å²) in [4.78, 5) is 0. The fraction of sp³-hybridized carbons (Fsp3) is 0.500. The first-order valence-electron chi connectivity index (χ1n) is 3.32. The number of hydrogen-bond donors (Lipinski definition) is 0. The van der Waals surface area contributed by atoms with E-state index in [1.807, 2.05) is 0 Å². The minimum Gasteiger partial charge on any atom is -0.0845 e. The van der Waals surface area contributed by atoms with Crippen molar-refractivity contribution in [2.45, 2.75) is 25.7 Å². The van der Waals surface area contributed by atoms with Crippen LogP contribution in [0.3, 0.4) is 0 Å². The second-order valence-electron chi connectivity index (χ2n) is 2.14. The molecule has 1 aliphatic rings. The van der Waals surface area contributed by atoms with Crippen LogP contribution >= 0.6 is 0 Å². The molecule has 1 heteroatoms. The molecule has 0 bridgehead atoms. The second kappa shape index (κ2) is 6.12. The predicted molar refractivity (Wildman–Crippen MR) is 36.7 cm³/mol. The zero-order valence-corrected chi connectivity index (χ0v) is 6.60. The SMILES string of the molecule is C1=CCCCCC=C1.[Fe]. The van der Waals surface area contributed by atoms with E-state index in [1.165, 1.54) is 25.7 Å². The minimum atomic E-state index is 0. The largest absolute Gasteiger partial charge is 0.0845 e. The van der Waals surface area contributed by atoms with Gasteiger partial charge in [-0.2, -0.15) is 0 Å². The summed E-state index contributed by atoms with van der Waals surface area (Å²) >= 11 is 0. The van der Waals surface area contributed by atoms with Crippen LogP contribution in [0.5, 0.6) is 0 Å². The van der Waals surface area contributed by atoms with Gasteiger partial charge in [0.05, 0.1) is 0 Å². The van der Waals surface area contributed by atoms with E-state index in [1.54, 1.807) is 0 Å². The molecule has 0 aliphatic heterocycles. The van der Waals surface area contributed by atoms with Crippen molar-refractivity contribution in [2.75, 3.05) is 0 Å². The van der Waals surface area contributed by atoms with Crippen LogP contribution in [-0.2, 0) is 17.1 Å². The van der Waals surface area contributed by atoms with Gasteiger partial charge in [-0.25, -0.2) is 0 Å². The molecule has 0 atom stereocenters. The Hall–Kier alpha value is -0.000519. The monoisotopic (exact) mass is 164 g/mol. The van der Waals surface area contributed by atoms with E-state index >= 15 is 0 Å². The Morgan fingerprint density at radius 1 is 0.778 bits per heavy atom. The molecular weight excluding hydrogens is 152 g/mol. The van der Waals surface area contributed by atoms with E-state index in [9.17, 15) is 0 Å². The van der Waals surface area contributed by atoms with Gasteiger partial charge in [-0.1, -0.05) is 24.3 Å². The summed E-state index contributed by atoms with van der Waals surface area (Å²) in [7, 11) is 0. The number of hydrogen-bond acceptors (Lipinski definition) is 0. The summed E-state index contributed by atoms with van der Waals surface area (Å²) in [5.41, 5.74) is 0. The van der Waals surface area contributed by atoms with Crippen molar-refractivity contribution in [1.82, 2.24) is 0 Å². The van der Waals surface area contributed by atoms with E-state index in [-0.39, 0.29) is 17.1 Å². The molecule has 52 valence electrons. The first-order valence-corrected chi connectivity index (χ1v) is 3.32. The van der Waals surface area contributed by atoms with Gasteiger partial charge in [0.1, 0.15) is 0 Å². The van der Waals surface area contributed by atoms with Crippen molar-refractivity contribution in [3.63, 3.8) is 0 Å². The van der Waals surface area contributed by atoms with Crippen molar-refractivity contribution in [2.24, 2.45) is 0 Å². The molecule has 9 heavy (non-hydrogen) atoms. The summed E-state index contributed by atoms with van der Waals surface area (Å²) in [5, 5.41) is 0. The van der Waals surface area contributed by atoms with Crippen LogP contribution in [-0.4, -0.2) is 0 Å². The summed E-state index contributed by atoms with van der Waals surface area (Å²) in [6, 6.07) is 0. The quantitative estimate of drug-likeness (QED) is 0.483. The zero-order chi connectivity index (χ0) is 5.66. The van der Waals surface area contributed by atoms with Crippen LogP contribution in [0.4, 0.5) is 0 Å². The van der Waals surface area contributed by atoms with Gasteiger partial charge in [0, 0.05) is 17.1 Å². The molecule has 0 aromatic carbocycles. The molecule has 0 radical (unpaired) electrons. The second-order valence-corrected chi connectivity index (χ2v) is 2.14. The number of allylic oxidation sites excluding steroid dienone is 4. The van der Waals surface area contributed by atoms with Crippen LogP contribution in [0.25, 0.3) is 0 Å². The maximum absolute atomic E-state index is 2.23. The Morgan fingerprint density at radius 2 is 1.22 bits per heavy atom. The fourth-order valence-corrected chi connectivity index (χ4v) is 0.874. The summed E-state index contributed by atoms with van der Waals surface area (Å²) in [6.07, 6.45) is 14.0. The van der Waals surface area contributed by atoms with Crippen LogP contribution in [0.1, 0.15) is 25.7 Å². The van der Waals surface area contributed by atoms with Crippen molar-refractivity contribution >= 4 is 0 Å². The minimum absolute atomic E-state index is 0. The molecule has 0 heterocycles. The first-order chi connectivity index (χ1) is 4.00. The molecule has 0 nitrogen and oxygen atoms in total. The Morgan fingerprint density at radius 3 is 1.67 bits per heavy atom. The smallest absolute Gasteiger partial charge is 0 e. The van der Waals surface area contributed by atoms with E-state index in [2.05, 4.69) is 24.3 Å². The summed E-state index contributed by atoms with van der Waals surface area (Å²) in [5.74, 6) is 0. The zero-order valence-electron chi connectivity index (χ0n) is 5.49. The van der Waals surface area contributed by atoms with Crippen molar-refractivity contribution < 1.29 is 17.1 Å². The molecule has 0 N–H and O–H groups in total. The molecule has 0 amide bonds. The van der Waals surface area contributed by atoms with Crippen molar-refractivity contribution in [3.8, 4) is 0 Å². The fourth-order valence-electron chi connectivity index (χ4n) is 0.874. The van der Waals surface area contributed by atoms with Gasteiger partial charge >= 0.3 is 0 Å². The van der Waals surface area contributed by atoms with E-state index in [4.69, 9.17) is 0 Å². The molecule has 1 aliphatic carbocycles. The number of rotatable bonds is 0. The Bertz CT molecular complexity index is 89.1. The maximum atomic E-state index is 2.23. The normalized spacial score (nSPS) is 17.8. The van der Waals surface area contributed by atoms with Gasteiger partial charge in [-0.05, 0) is 25.7 Å². The van der Waals surface area contributed by atoms with E-state index < -0.39 is 0 Å². The Balaban J connectivity index is 0.000000640. The van der Waals surface area contributed by atoms with E-state index in [0.717, 1.165) is 0 Å². The van der Waals surface area contributed by atoms with Crippen LogP contribution in [0, 0.1) is 0 Å². The molecule has 0 fully saturated rings. The van der Waals surface area contributed by atoms with Gasteiger partial charge < -0.3 is 0 Å². The predicted octanol–water partition coefficient (Wildman–Crippen LogP) is 2.67. The van der Waals surface area contributed by atoms with E-state index in [0.29, 0.717) is 0 Å². The third-order valence-corrected chi connectivity index (χ3v) is 1.37. The maximum Gasteiger partial charge on any atom is 0 e. The molecule has 0 unspecified atom stereocenters. The van der Waals surface area contributed by atoms with Crippen molar-refractivity contribution in [3.05, 3.63) is 24.3 Å². The first kappa shape index (κ1) is 9.00. The molecule has 0 saturated carbocycles. The third-order valence-electron chi connectivity index (χ3n) is 1.37. The average molecular weight is 164 g/mol. The molecule has 0 aromatic heterocycles. The Kier molecular flexibility index (Phi) is 6.12. The molecule has 0 aromatic rings. The average Bonchev–Trinajstić information content (AvgIpc) is 1.62. The van der Waals surface area contributed by atoms with Crippen LogP contribution in [0.2, 0.25) is 0 Å². The van der Waals surface area contributed by atoms with Crippen LogP contribution in [0.15, 0.2) is 24.3 Å². The van der Waals surface area contributed by atoms with Gasteiger partial charge in [-0.15, -0.1) is 0 Å². The summed E-state index contributed by atoms with van der Waals surface area (Å²) in [6.45, 7) is 0. The summed E-state index contributed by atoms with van der Waals surface area (Å²) < 4.78 is 0. The molecular formula is C8H12Fe. The van der Waals surface area contributed by atoms with Crippen LogP contribution < -0.4 is 0 Å². The van der Waals surface area contributed by atoms with Gasteiger partial charge in [0.15, 0.2) is 0 Å².